The number of aliphatic carboxylic acids is 1. The number of likely N-dealkylation sites (tertiary alicyclic amines) is 1. The van der Waals surface area contributed by atoms with Crippen LogP contribution >= 0.6 is 0 Å². The first-order valence-electron chi connectivity index (χ1n) is 5.42. The molecule has 0 radical (unpaired) electrons. The summed E-state index contributed by atoms with van der Waals surface area (Å²) in [5, 5.41) is 9.07. The molecule has 88 valence electrons. The molecule has 4 heteroatoms. The van der Waals surface area contributed by atoms with Crippen molar-refractivity contribution in [3.8, 4) is 0 Å². The lowest BCUT2D eigenvalue weighted by molar-refractivity contribution is -0.146. The molecule has 1 unspecified atom stereocenters. The molecule has 1 heterocycles. The molecule has 1 fully saturated rings. The molecular weight excluding hydrogens is 194 g/mol. The Kier molecular flexibility index (Phi) is 4.11. The fraction of sp³-hybridized carbons (Fsp3) is 0.909. The van der Waals surface area contributed by atoms with Crippen molar-refractivity contribution in [1.29, 1.82) is 0 Å². The smallest absolute Gasteiger partial charge is 0.323 e. The normalized spacial score (nSPS) is 23.7. The summed E-state index contributed by atoms with van der Waals surface area (Å²) in [5.74, 6) is -0.781. The van der Waals surface area contributed by atoms with Gasteiger partial charge in [-0.1, -0.05) is 13.8 Å². The fourth-order valence-corrected chi connectivity index (χ4v) is 1.93. The van der Waals surface area contributed by atoms with E-state index in [-0.39, 0.29) is 6.61 Å². The molecule has 15 heavy (non-hydrogen) atoms. The van der Waals surface area contributed by atoms with E-state index in [1.807, 2.05) is 4.90 Å². The van der Waals surface area contributed by atoms with Crippen molar-refractivity contribution in [2.24, 2.45) is 5.41 Å². The van der Waals surface area contributed by atoms with Gasteiger partial charge in [0.25, 0.3) is 0 Å². The third-order valence-corrected chi connectivity index (χ3v) is 3.20. The molecule has 1 rings (SSSR count). The zero-order valence-electron chi connectivity index (χ0n) is 9.82. The van der Waals surface area contributed by atoms with Gasteiger partial charge in [0.1, 0.15) is 6.04 Å². The maximum Gasteiger partial charge on any atom is 0.323 e. The monoisotopic (exact) mass is 215 g/mol. The highest BCUT2D eigenvalue weighted by atomic mass is 16.5. The third kappa shape index (κ3) is 3.47. The van der Waals surface area contributed by atoms with Crippen LogP contribution in [0, 0.1) is 5.41 Å². The zero-order chi connectivity index (χ0) is 11.5. The molecular formula is C11H21NO3. The highest BCUT2D eigenvalue weighted by Gasteiger charge is 2.32. The van der Waals surface area contributed by atoms with Crippen LogP contribution in [-0.4, -0.2) is 48.8 Å². The molecule has 1 atom stereocenters. The Bertz CT molecular complexity index is 218. The van der Waals surface area contributed by atoms with E-state index >= 15 is 0 Å². The number of hydrogen-bond donors (Lipinski definition) is 1. The second-order valence-corrected chi connectivity index (χ2v) is 5.01. The predicted octanol–water partition coefficient (Wildman–Crippen LogP) is 1.21. The Morgan fingerprint density at radius 2 is 2.00 bits per heavy atom. The highest BCUT2D eigenvalue weighted by Crippen LogP contribution is 2.30. The van der Waals surface area contributed by atoms with E-state index in [1.54, 1.807) is 7.11 Å². The van der Waals surface area contributed by atoms with E-state index in [4.69, 9.17) is 9.84 Å². The van der Waals surface area contributed by atoms with Crippen LogP contribution in [0.15, 0.2) is 0 Å². The third-order valence-electron chi connectivity index (χ3n) is 3.20. The van der Waals surface area contributed by atoms with Crippen LogP contribution < -0.4 is 0 Å². The first-order chi connectivity index (χ1) is 6.96. The minimum atomic E-state index is -0.781. The lowest BCUT2D eigenvalue weighted by Crippen LogP contribution is -2.49. The van der Waals surface area contributed by atoms with E-state index < -0.39 is 12.0 Å². The first-order valence-corrected chi connectivity index (χ1v) is 5.42. The summed E-state index contributed by atoms with van der Waals surface area (Å²) < 4.78 is 4.95. The summed E-state index contributed by atoms with van der Waals surface area (Å²) in [6, 6.07) is -0.480. The number of methoxy groups -OCH3 is 1. The first kappa shape index (κ1) is 12.5. The zero-order valence-corrected chi connectivity index (χ0v) is 9.82. The molecule has 0 aliphatic carbocycles. The number of carboxylic acid groups (broad SMARTS) is 1. The van der Waals surface area contributed by atoms with Gasteiger partial charge < -0.3 is 9.84 Å². The Hall–Kier alpha value is -0.610. The number of rotatable bonds is 4. The van der Waals surface area contributed by atoms with Crippen molar-refractivity contribution in [1.82, 2.24) is 4.90 Å². The van der Waals surface area contributed by atoms with Gasteiger partial charge in [0, 0.05) is 7.11 Å². The maximum absolute atomic E-state index is 11.0. The lowest BCUT2D eigenvalue weighted by Gasteiger charge is -2.39. The Balaban J connectivity index is 2.52. The van der Waals surface area contributed by atoms with Crippen molar-refractivity contribution in [2.75, 3.05) is 26.8 Å². The van der Waals surface area contributed by atoms with Gasteiger partial charge in [0.05, 0.1) is 6.61 Å². The number of piperidine rings is 1. The predicted molar refractivity (Wildman–Crippen MR) is 57.9 cm³/mol. The van der Waals surface area contributed by atoms with Crippen LogP contribution in [-0.2, 0) is 9.53 Å². The topological polar surface area (TPSA) is 49.8 Å². The Morgan fingerprint density at radius 1 is 1.47 bits per heavy atom. The van der Waals surface area contributed by atoms with Crippen LogP contribution in [0.5, 0.6) is 0 Å². The van der Waals surface area contributed by atoms with E-state index in [9.17, 15) is 4.79 Å². The van der Waals surface area contributed by atoms with Crippen molar-refractivity contribution in [3.63, 3.8) is 0 Å². The largest absolute Gasteiger partial charge is 0.480 e. The molecule has 0 bridgehead atoms. The van der Waals surface area contributed by atoms with Crippen molar-refractivity contribution >= 4 is 5.97 Å². The summed E-state index contributed by atoms with van der Waals surface area (Å²) in [6.07, 6.45) is 2.11. The van der Waals surface area contributed by atoms with Gasteiger partial charge in [0.2, 0.25) is 0 Å². The van der Waals surface area contributed by atoms with Gasteiger partial charge in [0.15, 0.2) is 0 Å². The summed E-state index contributed by atoms with van der Waals surface area (Å²) >= 11 is 0. The van der Waals surface area contributed by atoms with E-state index in [0.29, 0.717) is 5.41 Å². The van der Waals surface area contributed by atoms with Gasteiger partial charge in [-0.15, -0.1) is 0 Å². The number of carboxylic acids is 1. The average Bonchev–Trinajstić information content (AvgIpc) is 2.14. The summed E-state index contributed by atoms with van der Waals surface area (Å²) in [4.78, 5) is 13.0. The number of hydrogen-bond acceptors (Lipinski definition) is 3. The molecule has 0 aromatic rings. The van der Waals surface area contributed by atoms with E-state index in [0.717, 1.165) is 25.9 Å². The molecule has 1 saturated heterocycles. The van der Waals surface area contributed by atoms with Gasteiger partial charge >= 0.3 is 5.97 Å². The number of carbonyl (C=O) groups is 1. The molecule has 0 spiro atoms. The van der Waals surface area contributed by atoms with Gasteiger partial charge in [-0.2, -0.15) is 0 Å². The van der Waals surface area contributed by atoms with Crippen LogP contribution in [0.4, 0.5) is 0 Å². The highest BCUT2D eigenvalue weighted by molar-refractivity contribution is 5.73. The van der Waals surface area contributed by atoms with Crippen LogP contribution in [0.25, 0.3) is 0 Å². The number of nitrogens with zero attached hydrogens (tertiary/aromatic N) is 1. The average molecular weight is 215 g/mol. The fourth-order valence-electron chi connectivity index (χ4n) is 1.93. The number of ether oxygens (including phenoxy) is 1. The Morgan fingerprint density at radius 3 is 2.40 bits per heavy atom. The second kappa shape index (κ2) is 4.94. The minimum absolute atomic E-state index is 0.274. The van der Waals surface area contributed by atoms with Crippen molar-refractivity contribution in [2.45, 2.75) is 32.7 Å². The SMILES string of the molecule is COCC(C(=O)O)N1CCC(C)(C)CC1. The molecule has 0 saturated carbocycles. The molecule has 0 aromatic heterocycles. The summed E-state index contributed by atoms with van der Waals surface area (Å²) in [5.41, 5.74) is 0.354. The molecule has 1 N–H and O–H groups in total. The molecule has 4 nitrogen and oxygen atoms in total. The molecule has 1 aliphatic heterocycles. The van der Waals surface area contributed by atoms with Crippen molar-refractivity contribution < 1.29 is 14.6 Å². The van der Waals surface area contributed by atoms with Crippen LogP contribution in [0.2, 0.25) is 0 Å². The van der Waals surface area contributed by atoms with Gasteiger partial charge in [-0.25, -0.2) is 0 Å². The maximum atomic E-state index is 11.0. The van der Waals surface area contributed by atoms with Gasteiger partial charge in [-0.05, 0) is 31.3 Å². The lowest BCUT2D eigenvalue weighted by atomic mass is 9.82. The van der Waals surface area contributed by atoms with Crippen LogP contribution in [0.1, 0.15) is 26.7 Å². The minimum Gasteiger partial charge on any atom is -0.480 e. The second-order valence-electron chi connectivity index (χ2n) is 5.01. The molecule has 1 aliphatic rings. The van der Waals surface area contributed by atoms with E-state index in [2.05, 4.69) is 13.8 Å². The molecule has 0 amide bonds. The molecule has 0 aromatic carbocycles. The summed E-state index contributed by atoms with van der Waals surface area (Å²) in [7, 11) is 1.55. The standard InChI is InChI=1S/C11H21NO3/c1-11(2)4-6-12(7-5-11)9(8-15-3)10(13)14/h9H,4-8H2,1-3H3,(H,13,14). The van der Waals surface area contributed by atoms with Gasteiger partial charge in [-0.3, -0.25) is 9.69 Å². The quantitative estimate of drug-likeness (QED) is 0.765. The van der Waals surface area contributed by atoms with Crippen molar-refractivity contribution in [3.05, 3.63) is 0 Å². The Labute approximate surface area is 91.2 Å². The van der Waals surface area contributed by atoms with E-state index in [1.165, 1.54) is 0 Å². The summed E-state index contributed by atoms with van der Waals surface area (Å²) in [6.45, 7) is 6.45. The van der Waals surface area contributed by atoms with Crippen LogP contribution in [0.3, 0.4) is 0 Å².